The Balaban J connectivity index is 1.92. The summed E-state index contributed by atoms with van der Waals surface area (Å²) in [5, 5.41) is 6.10. The predicted molar refractivity (Wildman–Crippen MR) is 96.3 cm³/mol. The second-order valence-electron chi connectivity index (χ2n) is 7.14. The SMILES string of the molecule is CC(C)(C)NC(=O)NC(=O)CN(Cc1ccc(Cl)c(Cl)c1)C1CC1. The zero-order chi connectivity index (χ0) is 17.9. The molecule has 1 aromatic carbocycles. The molecule has 24 heavy (non-hydrogen) atoms. The van der Waals surface area contributed by atoms with E-state index in [2.05, 4.69) is 15.5 Å². The second-order valence-corrected chi connectivity index (χ2v) is 7.95. The van der Waals surface area contributed by atoms with E-state index in [9.17, 15) is 9.59 Å². The number of carbonyl (C=O) groups is 2. The van der Waals surface area contributed by atoms with Gasteiger partial charge in [0.1, 0.15) is 0 Å². The number of halogens is 2. The molecule has 2 rings (SSSR count). The molecule has 1 aliphatic carbocycles. The normalized spacial score (nSPS) is 14.6. The van der Waals surface area contributed by atoms with Gasteiger partial charge in [-0.05, 0) is 51.3 Å². The zero-order valence-electron chi connectivity index (χ0n) is 14.2. The summed E-state index contributed by atoms with van der Waals surface area (Å²) >= 11 is 12.0. The molecular formula is C17H23Cl2N3O2. The fraction of sp³-hybridized carbons (Fsp3) is 0.529. The summed E-state index contributed by atoms with van der Waals surface area (Å²) in [4.78, 5) is 26.0. The molecule has 1 fully saturated rings. The minimum atomic E-state index is -0.474. The molecule has 0 aromatic heterocycles. The van der Waals surface area contributed by atoms with Crippen LogP contribution in [0, 0.1) is 0 Å². The maximum Gasteiger partial charge on any atom is 0.321 e. The molecule has 0 saturated heterocycles. The van der Waals surface area contributed by atoms with Crippen molar-refractivity contribution in [3.05, 3.63) is 33.8 Å². The third kappa shape index (κ3) is 6.30. The molecule has 0 bridgehead atoms. The van der Waals surface area contributed by atoms with Crippen LogP contribution in [0.2, 0.25) is 10.0 Å². The number of carbonyl (C=O) groups excluding carboxylic acids is 2. The van der Waals surface area contributed by atoms with Crippen molar-refractivity contribution in [3.63, 3.8) is 0 Å². The number of rotatable bonds is 5. The van der Waals surface area contributed by atoms with Crippen LogP contribution in [0.15, 0.2) is 18.2 Å². The van der Waals surface area contributed by atoms with Crippen LogP contribution in [0.4, 0.5) is 4.79 Å². The Morgan fingerprint density at radius 2 is 1.88 bits per heavy atom. The molecular weight excluding hydrogens is 349 g/mol. The zero-order valence-corrected chi connectivity index (χ0v) is 15.7. The molecule has 0 spiro atoms. The van der Waals surface area contributed by atoms with E-state index in [0.29, 0.717) is 22.6 Å². The van der Waals surface area contributed by atoms with Gasteiger partial charge in [0.25, 0.3) is 0 Å². The first-order valence-electron chi connectivity index (χ1n) is 7.94. The Bertz CT molecular complexity index is 625. The van der Waals surface area contributed by atoms with Crippen molar-refractivity contribution in [1.29, 1.82) is 0 Å². The monoisotopic (exact) mass is 371 g/mol. The van der Waals surface area contributed by atoms with Crippen LogP contribution >= 0.6 is 23.2 Å². The maximum atomic E-state index is 12.1. The summed E-state index contributed by atoms with van der Waals surface area (Å²) in [5.74, 6) is -0.316. The second kappa shape index (κ2) is 7.72. The van der Waals surface area contributed by atoms with E-state index in [1.165, 1.54) is 0 Å². The van der Waals surface area contributed by atoms with Gasteiger partial charge in [-0.25, -0.2) is 4.79 Å². The standard InChI is InChI=1S/C17H23Cl2N3O2/c1-17(2,3)21-16(24)20-15(23)10-22(12-5-6-12)9-11-4-7-13(18)14(19)8-11/h4,7-8,12H,5-6,9-10H2,1-3H3,(H2,20,21,23,24). The number of hydrogen-bond donors (Lipinski definition) is 2. The molecule has 5 nitrogen and oxygen atoms in total. The third-order valence-corrected chi connectivity index (χ3v) is 4.26. The van der Waals surface area contributed by atoms with Crippen molar-refractivity contribution in [1.82, 2.24) is 15.5 Å². The highest BCUT2D eigenvalue weighted by atomic mass is 35.5. The molecule has 0 unspecified atom stereocenters. The Kier molecular flexibility index (Phi) is 6.12. The predicted octanol–water partition coefficient (Wildman–Crippen LogP) is 3.58. The van der Waals surface area contributed by atoms with E-state index in [1.54, 1.807) is 6.07 Å². The smallest absolute Gasteiger partial charge is 0.321 e. The number of nitrogens with zero attached hydrogens (tertiary/aromatic N) is 1. The Morgan fingerprint density at radius 3 is 2.42 bits per heavy atom. The number of benzene rings is 1. The van der Waals surface area contributed by atoms with Gasteiger partial charge in [-0.15, -0.1) is 0 Å². The van der Waals surface area contributed by atoms with Gasteiger partial charge in [0.05, 0.1) is 16.6 Å². The summed E-state index contributed by atoms with van der Waals surface area (Å²) in [5.41, 5.74) is 0.601. The average molecular weight is 372 g/mol. The van der Waals surface area contributed by atoms with Crippen molar-refractivity contribution in [2.75, 3.05) is 6.54 Å². The minimum Gasteiger partial charge on any atom is -0.333 e. The van der Waals surface area contributed by atoms with E-state index < -0.39 is 6.03 Å². The molecule has 1 saturated carbocycles. The number of amides is 3. The van der Waals surface area contributed by atoms with Crippen molar-refractivity contribution in [2.45, 2.75) is 51.7 Å². The lowest BCUT2D eigenvalue weighted by Gasteiger charge is -2.23. The highest BCUT2D eigenvalue weighted by molar-refractivity contribution is 6.42. The van der Waals surface area contributed by atoms with E-state index in [-0.39, 0.29) is 18.0 Å². The van der Waals surface area contributed by atoms with E-state index in [1.807, 2.05) is 32.9 Å². The van der Waals surface area contributed by atoms with Crippen LogP contribution in [0.3, 0.4) is 0 Å². The van der Waals surface area contributed by atoms with E-state index in [0.717, 1.165) is 18.4 Å². The molecule has 2 N–H and O–H groups in total. The van der Waals surface area contributed by atoms with Gasteiger partial charge < -0.3 is 5.32 Å². The maximum absolute atomic E-state index is 12.1. The van der Waals surface area contributed by atoms with Gasteiger partial charge in [0, 0.05) is 18.1 Å². The molecule has 1 aromatic rings. The lowest BCUT2D eigenvalue weighted by Crippen LogP contribution is -2.50. The largest absolute Gasteiger partial charge is 0.333 e. The number of imide groups is 1. The lowest BCUT2D eigenvalue weighted by atomic mass is 10.1. The van der Waals surface area contributed by atoms with Crippen LogP contribution in [-0.4, -0.2) is 35.0 Å². The van der Waals surface area contributed by atoms with Gasteiger partial charge in [0.15, 0.2) is 0 Å². The number of hydrogen-bond acceptors (Lipinski definition) is 3. The van der Waals surface area contributed by atoms with Crippen LogP contribution in [0.1, 0.15) is 39.2 Å². The third-order valence-electron chi connectivity index (χ3n) is 3.52. The fourth-order valence-electron chi connectivity index (χ4n) is 2.35. The van der Waals surface area contributed by atoms with Gasteiger partial charge in [0.2, 0.25) is 5.91 Å². The molecule has 132 valence electrons. The van der Waals surface area contributed by atoms with Gasteiger partial charge in [-0.3, -0.25) is 15.0 Å². The molecule has 0 aliphatic heterocycles. The van der Waals surface area contributed by atoms with Crippen LogP contribution in [-0.2, 0) is 11.3 Å². The van der Waals surface area contributed by atoms with Crippen molar-refractivity contribution in [2.24, 2.45) is 0 Å². The first-order chi connectivity index (χ1) is 11.1. The highest BCUT2D eigenvalue weighted by Crippen LogP contribution is 2.29. The molecule has 7 heteroatoms. The Morgan fingerprint density at radius 1 is 1.21 bits per heavy atom. The number of nitrogens with one attached hydrogen (secondary N) is 2. The summed E-state index contributed by atoms with van der Waals surface area (Å²) in [6.45, 7) is 6.34. The van der Waals surface area contributed by atoms with Gasteiger partial charge in [-0.2, -0.15) is 0 Å². The van der Waals surface area contributed by atoms with Crippen LogP contribution < -0.4 is 10.6 Å². The molecule has 0 radical (unpaired) electrons. The summed E-state index contributed by atoms with van der Waals surface area (Å²) < 4.78 is 0. The molecule has 0 heterocycles. The first-order valence-corrected chi connectivity index (χ1v) is 8.69. The van der Waals surface area contributed by atoms with E-state index >= 15 is 0 Å². The summed E-state index contributed by atoms with van der Waals surface area (Å²) in [6, 6.07) is 5.35. The van der Waals surface area contributed by atoms with Crippen molar-refractivity contribution < 1.29 is 9.59 Å². The Hall–Kier alpha value is -1.30. The summed E-state index contributed by atoms with van der Waals surface area (Å²) in [7, 11) is 0. The van der Waals surface area contributed by atoms with Gasteiger partial charge in [-0.1, -0.05) is 29.3 Å². The summed E-state index contributed by atoms with van der Waals surface area (Å²) in [6.07, 6.45) is 2.12. The highest BCUT2D eigenvalue weighted by Gasteiger charge is 2.30. The van der Waals surface area contributed by atoms with E-state index in [4.69, 9.17) is 23.2 Å². The van der Waals surface area contributed by atoms with Gasteiger partial charge >= 0.3 is 6.03 Å². The molecule has 3 amide bonds. The minimum absolute atomic E-state index is 0.169. The van der Waals surface area contributed by atoms with Crippen molar-refractivity contribution in [3.8, 4) is 0 Å². The first kappa shape index (κ1) is 19.0. The molecule has 1 aliphatic rings. The number of urea groups is 1. The van der Waals surface area contributed by atoms with Crippen LogP contribution in [0.25, 0.3) is 0 Å². The molecule has 0 atom stereocenters. The van der Waals surface area contributed by atoms with Crippen LogP contribution in [0.5, 0.6) is 0 Å². The topological polar surface area (TPSA) is 61.4 Å². The Labute approximate surface area is 152 Å². The van der Waals surface area contributed by atoms with Crippen molar-refractivity contribution >= 4 is 35.1 Å². The quantitative estimate of drug-likeness (QED) is 0.831. The lowest BCUT2D eigenvalue weighted by molar-refractivity contribution is -0.121. The fourth-order valence-corrected chi connectivity index (χ4v) is 2.67. The average Bonchev–Trinajstić information content (AvgIpc) is 3.24.